The van der Waals surface area contributed by atoms with E-state index in [0.29, 0.717) is 17.6 Å². The molecular formula is C9H9NO3. The molecule has 1 aromatic carbocycles. The van der Waals surface area contributed by atoms with Gasteiger partial charge in [0.1, 0.15) is 0 Å². The minimum absolute atomic E-state index is 0.319. The molecule has 0 atom stereocenters. The van der Waals surface area contributed by atoms with Crippen molar-refractivity contribution in [3.63, 3.8) is 0 Å². The minimum atomic E-state index is -0.319. The first-order valence-corrected chi connectivity index (χ1v) is 3.71. The lowest BCUT2D eigenvalue weighted by Crippen LogP contribution is -2.24. The SMILES string of the molecule is CC(=O)NOc1ccccc1C=O. The lowest BCUT2D eigenvalue weighted by molar-refractivity contribution is -0.125. The normalized spacial score (nSPS) is 9.00. The summed E-state index contributed by atoms with van der Waals surface area (Å²) < 4.78 is 0. The second-order valence-corrected chi connectivity index (χ2v) is 2.42. The number of carbonyl (C=O) groups is 2. The highest BCUT2D eigenvalue weighted by Gasteiger charge is 2.01. The maximum absolute atomic E-state index is 10.5. The maximum Gasteiger partial charge on any atom is 0.249 e. The molecular weight excluding hydrogens is 170 g/mol. The Kier molecular flexibility index (Phi) is 3.03. The number of rotatable bonds is 3. The quantitative estimate of drug-likeness (QED) is 0.554. The number of aldehydes is 1. The third-order valence-electron chi connectivity index (χ3n) is 1.35. The molecule has 0 radical (unpaired) electrons. The Hall–Kier alpha value is -1.84. The number of amides is 1. The standard InChI is InChI=1S/C9H9NO3/c1-7(12)10-13-9-5-3-2-4-8(9)6-11/h2-6H,1H3,(H,10,12). The molecule has 0 spiro atoms. The zero-order valence-corrected chi connectivity index (χ0v) is 7.11. The molecule has 0 heterocycles. The first-order chi connectivity index (χ1) is 6.24. The Morgan fingerprint density at radius 3 is 2.77 bits per heavy atom. The third-order valence-corrected chi connectivity index (χ3v) is 1.35. The van der Waals surface area contributed by atoms with Crippen molar-refractivity contribution in [2.24, 2.45) is 0 Å². The van der Waals surface area contributed by atoms with Crippen molar-refractivity contribution >= 4 is 12.2 Å². The van der Waals surface area contributed by atoms with Gasteiger partial charge in [-0.3, -0.25) is 9.59 Å². The summed E-state index contributed by atoms with van der Waals surface area (Å²) in [5, 5.41) is 0. The van der Waals surface area contributed by atoms with Crippen molar-refractivity contribution in [3.05, 3.63) is 29.8 Å². The summed E-state index contributed by atoms with van der Waals surface area (Å²) in [6.07, 6.45) is 0.664. The van der Waals surface area contributed by atoms with E-state index in [-0.39, 0.29) is 5.91 Å². The molecule has 1 rings (SSSR count). The van der Waals surface area contributed by atoms with Gasteiger partial charge in [0.25, 0.3) is 0 Å². The predicted molar refractivity (Wildman–Crippen MR) is 46.3 cm³/mol. The summed E-state index contributed by atoms with van der Waals surface area (Å²) in [5.74, 6) is 0.0217. The molecule has 0 bridgehead atoms. The van der Waals surface area contributed by atoms with Gasteiger partial charge in [-0.15, -0.1) is 0 Å². The second-order valence-electron chi connectivity index (χ2n) is 2.42. The van der Waals surface area contributed by atoms with Gasteiger partial charge in [-0.2, -0.15) is 5.48 Å². The molecule has 4 nitrogen and oxygen atoms in total. The van der Waals surface area contributed by atoms with E-state index in [4.69, 9.17) is 4.84 Å². The van der Waals surface area contributed by atoms with Crippen LogP contribution in [0, 0.1) is 0 Å². The number of carbonyl (C=O) groups excluding carboxylic acids is 2. The van der Waals surface area contributed by atoms with Gasteiger partial charge in [-0.1, -0.05) is 12.1 Å². The summed E-state index contributed by atoms with van der Waals surface area (Å²) in [7, 11) is 0. The molecule has 0 aromatic heterocycles. The van der Waals surface area contributed by atoms with Crippen LogP contribution in [0.3, 0.4) is 0 Å². The zero-order chi connectivity index (χ0) is 9.68. The first-order valence-electron chi connectivity index (χ1n) is 3.71. The number of hydroxylamine groups is 1. The monoisotopic (exact) mass is 179 g/mol. The summed E-state index contributed by atoms with van der Waals surface area (Å²) in [6, 6.07) is 6.62. The smallest absolute Gasteiger partial charge is 0.249 e. The van der Waals surface area contributed by atoms with Crippen LogP contribution in [-0.4, -0.2) is 12.2 Å². The largest absolute Gasteiger partial charge is 0.379 e. The number of benzene rings is 1. The average molecular weight is 179 g/mol. The van der Waals surface area contributed by atoms with Crippen LogP contribution in [0.15, 0.2) is 24.3 Å². The maximum atomic E-state index is 10.5. The fraction of sp³-hybridized carbons (Fsp3) is 0.111. The van der Waals surface area contributed by atoms with Gasteiger partial charge < -0.3 is 4.84 Å². The molecule has 0 aliphatic carbocycles. The number of para-hydroxylation sites is 1. The van der Waals surface area contributed by atoms with Gasteiger partial charge in [-0.05, 0) is 12.1 Å². The van der Waals surface area contributed by atoms with Crippen LogP contribution in [0.4, 0.5) is 0 Å². The van der Waals surface area contributed by atoms with Crippen LogP contribution in [0.2, 0.25) is 0 Å². The highest BCUT2D eigenvalue weighted by Crippen LogP contribution is 2.13. The van der Waals surface area contributed by atoms with E-state index in [0.717, 1.165) is 0 Å². The molecule has 1 amide bonds. The molecule has 0 saturated carbocycles. The topological polar surface area (TPSA) is 55.4 Å². The van der Waals surface area contributed by atoms with Crippen molar-refractivity contribution in [2.45, 2.75) is 6.92 Å². The predicted octanol–water partition coefficient (Wildman–Crippen LogP) is 0.929. The van der Waals surface area contributed by atoms with Gasteiger partial charge in [0.2, 0.25) is 5.91 Å². The Labute approximate surface area is 75.5 Å². The average Bonchev–Trinajstić information content (AvgIpc) is 2.15. The molecule has 1 aromatic rings. The molecule has 13 heavy (non-hydrogen) atoms. The highest BCUT2D eigenvalue weighted by molar-refractivity contribution is 5.79. The Morgan fingerprint density at radius 1 is 1.46 bits per heavy atom. The van der Waals surface area contributed by atoms with Gasteiger partial charge in [0.05, 0.1) is 5.56 Å². The summed E-state index contributed by atoms with van der Waals surface area (Å²) >= 11 is 0. The van der Waals surface area contributed by atoms with Crippen molar-refractivity contribution in [3.8, 4) is 5.75 Å². The lowest BCUT2D eigenvalue weighted by atomic mass is 10.2. The van der Waals surface area contributed by atoms with Crippen LogP contribution in [0.25, 0.3) is 0 Å². The molecule has 0 aliphatic rings. The van der Waals surface area contributed by atoms with E-state index >= 15 is 0 Å². The number of hydrogen-bond acceptors (Lipinski definition) is 3. The van der Waals surface area contributed by atoms with Crippen LogP contribution >= 0.6 is 0 Å². The Bertz CT molecular complexity index is 322. The molecule has 1 N–H and O–H groups in total. The summed E-state index contributed by atoms with van der Waals surface area (Å²) in [6.45, 7) is 1.32. The minimum Gasteiger partial charge on any atom is -0.379 e. The van der Waals surface area contributed by atoms with Crippen LogP contribution in [0.5, 0.6) is 5.75 Å². The van der Waals surface area contributed by atoms with E-state index in [1.165, 1.54) is 6.92 Å². The van der Waals surface area contributed by atoms with Crippen molar-refractivity contribution < 1.29 is 14.4 Å². The van der Waals surface area contributed by atoms with E-state index < -0.39 is 0 Å². The summed E-state index contributed by atoms with van der Waals surface area (Å²) in [5.41, 5.74) is 2.54. The van der Waals surface area contributed by atoms with Crippen molar-refractivity contribution in [1.29, 1.82) is 0 Å². The Balaban J connectivity index is 2.75. The fourth-order valence-corrected chi connectivity index (χ4v) is 0.798. The number of nitrogens with one attached hydrogen (secondary N) is 1. The zero-order valence-electron chi connectivity index (χ0n) is 7.11. The molecule has 68 valence electrons. The molecule has 0 aliphatic heterocycles. The molecule has 0 fully saturated rings. The molecule has 0 saturated heterocycles. The van der Waals surface area contributed by atoms with Crippen molar-refractivity contribution in [1.82, 2.24) is 5.48 Å². The Morgan fingerprint density at radius 2 is 2.15 bits per heavy atom. The van der Waals surface area contributed by atoms with Gasteiger partial charge in [0, 0.05) is 6.92 Å². The first kappa shape index (κ1) is 9.25. The van der Waals surface area contributed by atoms with Crippen molar-refractivity contribution in [2.75, 3.05) is 0 Å². The van der Waals surface area contributed by atoms with E-state index in [1.807, 2.05) is 0 Å². The third kappa shape index (κ3) is 2.59. The van der Waals surface area contributed by atoms with Gasteiger partial charge >= 0.3 is 0 Å². The number of hydrogen-bond donors (Lipinski definition) is 1. The lowest BCUT2D eigenvalue weighted by Gasteiger charge is -2.05. The molecule has 0 unspecified atom stereocenters. The fourth-order valence-electron chi connectivity index (χ4n) is 0.798. The van der Waals surface area contributed by atoms with Gasteiger partial charge in [-0.25, -0.2) is 0 Å². The summed E-state index contributed by atoms with van der Waals surface area (Å²) in [4.78, 5) is 25.8. The van der Waals surface area contributed by atoms with E-state index in [2.05, 4.69) is 5.48 Å². The second kappa shape index (κ2) is 4.25. The van der Waals surface area contributed by atoms with Crippen LogP contribution in [-0.2, 0) is 4.79 Å². The van der Waals surface area contributed by atoms with Gasteiger partial charge in [0.15, 0.2) is 12.0 Å². The van der Waals surface area contributed by atoms with E-state index in [1.54, 1.807) is 24.3 Å². The van der Waals surface area contributed by atoms with Crippen LogP contribution < -0.4 is 10.3 Å². The van der Waals surface area contributed by atoms with Crippen LogP contribution in [0.1, 0.15) is 17.3 Å². The van der Waals surface area contributed by atoms with E-state index in [9.17, 15) is 9.59 Å². The molecule has 4 heteroatoms. The highest BCUT2D eigenvalue weighted by atomic mass is 16.7.